The van der Waals surface area contributed by atoms with E-state index in [0.29, 0.717) is 11.8 Å². The van der Waals surface area contributed by atoms with Crippen LogP contribution in [0.2, 0.25) is 0 Å². The number of aliphatic hydroxyl groups is 3. The van der Waals surface area contributed by atoms with Gasteiger partial charge in [0, 0.05) is 13.0 Å². The first-order valence-corrected chi connectivity index (χ1v) is 12.1. The third-order valence-corrected chi connectivity index (χ3v) is 9.56. The number of para-hydroxylation sites is 1. The third-order valence-electron chi connectivity index (χ3n) is 9.56. The number of Topliss-reactive ketones (excluding diaryl/α,β-unsaturated/α-hetero) is 1. The maximum atomic E-state index is 14.3. The topological polar surface area (TPSA) is 105 Å². The number of carbonyl (C=O) groups excluding carboxylic acids is 1. The Labute approximate surface area is 198 Å². The van der Waals surface area contributed by atoms with E-state index in [-0.39, 0.29) is 28.6 Å². The number of aliphatic hydroxyl groups excluding tert-OH is 2. The van der Waals surface area contributed by atoms with E-state index in [1.807, 2.05) is 38.2 Å². The average Bonchev–Trinajstić information content (AvgIpc) is 3.09. The van der Waals surface area contributed by atoms with Crippen LogP contribution in [0.25, 0.3) is 10.9 Å². The molecule has 180 valence electrons. The summed E-state index contributed by atoms with van der Waals surface area (Å²) >= 11 is 0. The number of allylic oxidation sites excluding steroid dienone is 1. The van der Waals surface area contributed by atoms with Crippen molar-refractivity contribution in [2.75, 3.05) is 6.61 Å². The molecule has 6 rings (SSSR count). The number of aryl methyl sites for hydroxylation is 1. The molecule has 1 spiro atoms. The molecule has 2 bridgehead atoms. The summed E-state index contributed by atoms with van der Waals surface area (Å²) < 4.78 is 8.02. The summed E-state index contributed by atoms with van der Waals surface area (Å²) in [5, 5.41) is 39.5. The van der Waals surface area contributed by atoms with Gasteiger partial charge in [-0.2, -0.15) is 0 Å². The van der Waals surface area contributed by atoms with Crippen LogP contribution < -0.4 is 4.74 Å². The van der Waals surface area contributed by atoms with E-state index in [0.717, 1.165) is 17.3 Å². The molecule has 3 N–H and O–H groups in total. The Hall–Kier alpha value is -2.48. The Morgan fingerprint density at radius 1 is 1.26 bits per heavy atom. The van der Waals surface area contributed by atoms with Gasteiger partial charge in [0.1, 0.15) is 6.10 Å². The van der Waals surface area contributed by atoms with Crippen LogP contribution in [0.1, 0.15) is 27.2 Å². The molecule has 0 amide bonds. The van der Waals surface area contributed by atoms with Crippen molar-refractivity contribution in [1.82, 2.24) is 9.78 Å². The number of fused-ring (bicyclic) bond motifs is 4. The molecule has 2 fully saturated rings. The highest BCUT2D eigenvalue weighted by molar-refractivity contribution is 5.95. The van der Waals surface area contributed by atoms with E-state index in [2.05, 4.69) is 18.9 Å². The minimum atomic E-state index is -1.97. The zero-order valence-corrected chi connectivity index (χ0v) is 20.0. The summed E-state index contributed by atoms with van der Waals surface area (Å²) in [6, 6.07) is 7.63. The van der Waals surface area contributed by atoms with Gasteiger partial charge >= 0.3 is 0 Å². The number of hydrogen-bond acceptors (Lipinski definition) is 6. The van der Waals surface area contributed by atoms with Crippen molar-refractivity contribution >= 4 is 16.7 Å². The van der Waals surface area contributed by atoms with Crippen molar-refractivity contribution in [1.29, 1.82) is 0 Å². The highest BCUT2D eigenvalue weighted by Gasteiger charge is 2.75. The summed E-state index contributed by atoms with van der Waals surface area (Å²) in [4.78, 5) is 14.3. The number of ether oxygens (including phenoxy) is 1. The molecule has 4 aliphatic rings. The average molecular weight is 465 g/mol. The van der Waals surface area contributed by atoms with Gasteiger partial charge in [0.05, 0.1) is 22.9 Å². The first kappa shape index (κ1) is 22.0. The van der Waals surface area contributed by atoms with Gasteiger partial charge < -0.3 is 20.1 Å². The minimum absolute atomic E-state index is 0.00572. The molecule has 34 heavy (non-hydrogen) atoms. The lowest BCUT2D eigenvalue weighted by Gasteiger charge is -2.48. The quantitative estimate of drug-likeness (QED) is 0.603. The van der Waals surface area contributed by atoms with E-state index in [9.17, 15) is 20.1 Å². The fourth-order valence-electron chi connectivity index (χ4n) is 7.61. The van der Waals surface area contributed by atoms with Gasteiger partial charge in [0.25, 0.3) is 0 Å². The molecule has 1 heterocycles. The van der Waals surface area contributed by atoms with Gasteiger partial charge in [0.15, 0.2) is 17.5 Å². The van der Waals surface area contributed by atoms with E-state index in [1.54, 1.807) is 22.9 Å². The van der Waals surface area contributed by atoms with Crippen LogP contribution in [0.3, 0.4) is 0 Å². The molecule has 2 saturated carbocycles. The van der Waals surface area contributed by atoms with Crippen molar-refractivity contribution in [2.24, 2.45) is 41.5 Å². The van der Waals surface area contributed by atoms with E-state index >= 15 is 0 Å². The number of benzene rings is 1. The molecule has 0 saturated heterocycles. The smallest absolute Gasteiger partial charge is 0.241 e. The molecule has 2 aromatic rings. The summed E-state index contributed by atoms with van der Waals surface area (Å²) in [6.45, 7) is 5.93. The fraction of sp³-hybridized carbons (Fsp3) is 0.556. The van der Waals surface area contributed by atoms with Crippen LogP contribution in [0.5, 0.6) is 5.88 Å². The predicted molar refractivity (Wildman–Crippen MR) is 126 cm³/mol. The summed E-state index contributed by atoms with van der Waals surface area (Å²) in [6.07, 6.45) is 3.53. The Kier molecular flexibility index (Phi) is 4.41. The van der Waals surface area contributed by atoms with E-state index in [4.69, 9.17) is 4.74 Å². The van der Waals surface area contributed by atoms with Crippen molar-refractivity contribution < 1.29 is 24.9 Å². The highest BCUT2D eigenvalue weighted by Crippen LogP contribution is 2.71. The lowest BCUT2D eigenvalue weighted by atomic mass is 9.59. The molecule has 4 aliphatic carbocycles. The lowest BCUT2D eigenvalue weighted by molar-refractivity contribution is -0.185. The first-order chi connectivity index (χ1) is 16.1. The van der Waals surface area contributed by atoms with E-state index in [1.165, 1.54) is 0 Å². The molecule has 7 nitrogen and oxygen atoms in total. The molecule has 1 aromatic heterocycles. The second-order valence-electron chi connectivity index (χ2n) is 11.3. The van der Waals surface area contributed by atoms with Crippen LogP contribution in [0, 0.1) is 34.5 Å². The molecular weight excluding hydrogens is 432 g/mol. The van der Waals surface area contributed by atoms with Gasteiger partial charge in [0.2, 0.25) is 5.88 Å². The normalized spacial score (nSPS) is 42.0. The van der Waals surface area contributed by atoms with E-state index < -0.39 is 35.7 Å². The Morgan fingerprint density at radius 3 is 2.74 bits per heavy atom. The monoisotopic (exact) mass is 464 g/mol. The highest BCUT2D eigenvalue weighted by atomic mass is 16.5. The molecule has 1 unspecified atom stereocenters. The number of rotatable bonds is 3. The van der Waals surface area contributed by atoms with Crippen LogP contribution in [0.4, 0.5) is 0 Å². The van der Waals surface area contributed by atoms with Crippen LogP contribution >= 0.6 is 0 Å². The summed E-state index contributed by atoms with van der Waals surface area (Å²) in [5.41, 5.74) is -2.12. The molecular formula is C27H32N2O5. The third kappa shape index (κ3) is 2.42. The van der Waals surface area contributed by atoms with Crippen molar-refractivity contribution in [3.63, 3.8) is 0 Å². The zero-order valence-electron chi connectivity index (χ0n) is 20.0. The Bertz CT molecular complexity index is 1260. The maximum Gasteiger partial charge on any atom is 0.241 e. The lowest BCUT2D eigenvalue weighted by Crippen LogP contribution is -2.66. The summed E-state index contributed by atoms with van der Waals surface area (Å²) in [5.74, 6) is 0.0472. The SMILES string of the molecule is C[C@@H]1C[C@@H]2[C@H]([C@@H]3C=C(CO)[C@@H](O)[C@]4(O)[C@@H](Oc5nn(C)c6ccccc56)C=CC14C3=O)C2(C)C. The van der Waals surface area contributed by atoms with Crippen LogP contribution in [-0.2, 0) is 11.8 Å². The van der Waals surface area contributed by atoms with Gasteiger partial charge in [-0.15, -0.1) is 5.10 Å². The predicted octanol–water partition coefficient (Wildman–Crippen LogP) is 2.40. The zero-order chi connectivity index (χ0) is 24.2. The molecule has 0 aliphatic heterocycles. The number of ketones is 1. The Balaban J connectivity index is 1.49. The molecule has 1 aromatic carbocycles. The number of hydrogen-bond donors (Lipinski definition) is 3. The second-order valence-corrected chi connectivity index (χ2v) is 11.3. The standard InChI is InChI=1S/C27H32N2O5/c1-14-11-18-21(25(18,2)3)17-12-15(13-30)22(31)27(33)20(9-10-26(14,27)23(17)32)34-24-16-7-5-6-8-19(16)29(4)28-24/h5-10,12,14,17-18,20-22,30-31,33H,11,13H2,1-4H3/t14-,17+,18-,20+,21+,22-,26?,27-/m1/s1. The fourth-order valence-corrected chi connectivity index (χ4v) is 7.61. The van der Waals surface area contributed by atoms with Crippen LogP contribution in [0.15, 0.2) is 48.1 Å². The molecule has 8 atom stereocenters. The first-order valence-electron chi connectivity index (χ1n) is 12.1. The van der Waals surface area contributed by atoms with Gasteiger partial charge in [-0.25, -0.2) is 0 Å². The van der Waals surface area contributed by atoms with Crippen molar-refractivity contribution in [3.8, 4) is 5.88 Å². The number of aromatic nitrogens is 2. The second kappa shape index (κ2) is 6.80. The van der Waals surface area contributed by atoms with Gasteiger partial charge in [-0.05, 0) is 53.4 Å². The number of carbonyl (C=O) groups is 1. The largest absolute Gasteiger partial charge is 0.465 e. The van der Waals surface area contributed by atoms with Crippen molar-refractivity contribution in [3.05, 3.63) is 48.1 Å². The van der Waals surface area contributed by atoms with Gasteiger partial charge in [-0.1, -0.05) is 45.1 Å². The Morgan fingerprint density at radius 2 is 2.00 bits per heavy atom. The molecule has 7 heteroatoms. The van der Waals surface area contributed by atoms with Crippen molar-refractivity contribution in [2.45, 2.75) is 45.0 Å². The molecule has 0 radical (unpaired) electrons. The van der Waals surface area contributed by atoms with Gasteiger partial charge in [-0.3, -0.25) is 9.48 Å². The maximum absolute atomic E-state index is 14.3. The van der Waals surface area contributed by atoms with Crippen LogP contribution in [-0.4, -0.2) is 55.3 Å². The minimum Gasteiger partial charge on any atom is -0.465 e. The number of nitrogens with zero attached hydrogens (tertiary/aromatic N) is 2. The summed E-state index contributed by atoms with van der Waals surface area (Å²) in [7, 11) is 1.82.